The molecule has 0 aromatic carbocycles. The molecule has 7 nitrogen and oxygen atoms in total. The molecule has 0 fully saturated rings. The van der Waals surface area contributed by atoms with Crippen LogP contribution in [0, 0.1) is 12.3 Å². The highest BCUT2D eigenvalue weighted by Gasteiger charge is 2.04. The Morgan fingerprint density at radius 2 is 2.56 bits per heavy atom. The molecule has 0 saturated heterocycles. The number of thiazole rings is 1. The molecule has 0 aliphatic rings. The number of hydrogen-bond donors (Lipinski definition) is 2. The van der Waals surface area contributed by atoms with Crippen LogP contribution in [-0.2, 0) is 0 Å². The smallest absolute Gasteiger partial charge is 0.258 e. The lowest BCUT2D eigenvalue weighted by atomic mass is 10.3. The third-order valence-electron chi connectivity index (χ3n) is 1.63. The standard InChI is InChI=1S/C8H7N7S/c1-5-4-16-7(11-5)6(2-9)3-10-8-12-14-15-13-8/h3-4,9H,1H3,(H,12,13,14,15)/b10-3+. The van der Waals surface area contributed by atoms with Crippen LogP contribution in [-0.4, -0.2) is 37.7 Å². The van der Waals surface area contributed by atoms with Gasteiger partial charge in [-0.3, -0.25) is 5.41 Å². The molecule has 2 rings (SSSR count). The van der Waals surface area contributed by atoms with Gasteiger partial charge < -0.3 is 0 Å². The molecule has 2 N–H and O–H groups in total. The van der Waals surface area contributed by atoms with Gasteiger partial charge in [0.1, 0.15) is 5.01 Å². The van der Waals surface area contributed by atoms with E-state index in [1.54, 1.807) is 0 Å². The Morgan fingerprint density at radius 3 is 3.12 bits per heavy atom. The number of nitrogens with one attached hydrogen (secondary N) is 2. The van der Waals surface area contributed by atoms with Crippen molar-refractivity contribution in [1.29, 1.82) is 5.41 Å². The highest BCUT2D eigenvalue weighted by molar-refractivity contribution is 7.11. The average molecular weight is 233 g/mol. The Kier molecular flexibility index (Phi) is 2.95. The number of hydrogen-bond acceptors (Lipinski definition) is 7. The molecule has 0 spiro atoms. The number of aryl methyl sites for hydroxylation is 1. The van der Waals surface area contributed by atoms with Crippen LogP contribution in [0.5, 0.6) is 0 Å². The summed E-state index contributed by atoms with van der Waals surface area (Å²) >= 11 is 1.43. The topological polar surface area (TPSA) is 104 Å². The molecular weight excluding hydrogens is 226 g/mol. The van der Waals surface area contributed by atoms with Gasteiger partial charge in [-0.05, 0) is 18.0 Å². The van der Waals surface area contributed by atoms with Crippen molar-refractivity contribution in [2.45, 2.75) is 6.92 Å². The van der Waals surface area contributed by atoms with Gasteiger partial charge >= 0.3 is 0 Å². The minimum atomic E-state index is 0.209. The van der Waals surface area contributed by atoms with Gasteiger partial charge in [0, 0.05) is 11.1 Å². The van der Waals surface area contributed by atoms with E-state index in [0.717, 1.165) is 5.69 Å². The fourth-order valence-electron chi connectivity index (χ4n) is 0.952. The van der Waals surface area contributed by atoms with Gasteiger partial charge in [-0.2, -0.15) is 5.21 Å². The van der Waals surface area contributed by atoms with Gasteiger partial charge in [-0.25, -0.2) is 9.98 Å². The number of aromatic nitrogens is 5. The monoisotopic (exact) mass is 233 g/mol. The number of allylic oxidation sites excluding steroid dienone is 1. The fourth-order valence-corrected chi connectivity index (χ4v) is 1.71. The Morgan fingerprint density at radius 1 is 1.69 bits per heavy atom. The lowest BCUT2D eigenvalue weighted by Gasteiger charge is -1.89. The second kappa shape index (κ2) is 4.56. The number of tetrazole rings is 1. The molecule has 8 heteroatoms. The highest BCUT2D eigenvalue weighted by Crippen LogP contribution is 2.16. The van der Waals surface area contributed by atoms with Crippen molar-refractivity contribution in [3.05, 3.63) is 16.1 Å². The predicted molar refractivity (Wildman–Crippen MR) is 60.3 cm³/mol. The molecule has 2 heterocycles. The number of nitrogens with zero attached hydrogens (tertiary/aromatic N) is 5. The van der Waals surface area contributed by atoms with Crippen LogP contribution in [0.2, 0.25) is 0 Å². The Balaban J connectivity index is 2.23. The van der Waals surface area contributed by atoms with Gasteiger partial charge in [0.25, 0.3) is 5.95 Å². The summed E-state index contributed by atoms with van der Waals surface area (Å²) < 4.78 is 0. The third-order valence-corrected chi connectivity index (χ3v) is 2.62. The number of aliphatic imine (C=N–C) groups is 1. The number of H-pyrrole nitrogens is 1. The van der Waals surface area contributed by atoms with Crippen LogP contribution in [0.4, 0.5) is 5.95 Å². The second-order valence-corrected chi connectivity index (χ2v) is 3.66. The summed E-state index contributed by atoms with van der Waals surface area (Å²) in [5.74, 6) is 2.48. The number of rotatable bonds is 3. The van der Waals surface area contributed by atoms with Gasteiger partial charge in [-0.15, -0.1) is 16.4 Å². The molecule has 0 atom stereocenters. The molecule has 16 heavy (non-hydrogen) atoms. The Hall–Kier alpha value is -2.18. The zero-order valence-electron chi connectivity index (χ0n) is 8.30. The van der Waals surface area contributed by atoms with E-state index in [-0.39, 0.29) is 5.95 Å². The lowest BCUT2D eigenvalue weighted by molar-refractivity contribution is 0.881. The molecule has 2 aromatic heterocycles. The van der Waals surface area contributed by atoms with E-state index in [2.05, 4.69) is 36.5 Å². The van der Waals surface area contributed by atoms with Crippen molar-refractivity contribution in [1.82, 2.24) is 25.6 Å². The van der Waals surface area contributed by atoms with E-state index in [1.165, 1.54) is 17.6 Å². The Labute approximate surface area is 94.5 Å². The summed E-state index contributed by atoms with van der Waals surface area (Å²) in [4.78, 5) is 8.15. The summed E-state index contributed by atoms with van der Waals surface area (Å²) in [6.45, 7) is 1.89. The van der Waals surface area contributed by atoms with Crippen molar-refractivity contribution in [3.8, 4) is 0 Å². The van der Waals surface area contributed by atoms with E-state index in [0.29, 0.717) is 10.6 Å². The summed E-state index contributed by atoms with van der Waals surface area (Å²) in [7, 11) is 0. The molecule has 80 valence electrons. The van der Waals surface area contributed by atoms with Crippen molar-refractivity contribution < 1.29 is 0 Å². The highest BCUT2D eigenvalue weighted by atomic mass is 32.1. The van der Waals surface area contributed by atoms with Crippen molar-refractivity contribution in [2.75, 3.05) is 0 Å². The van der Waals surface area contributed by atoms with Gasteiger partial charge in [0.15, 0.2) is 0 Å². The van der Waals surface area contributed by atoms with Crippen LogP contribution in [0.15, 0.2) is 10.4 Å². The second-order valence-electron chi connectivity index (χ2n) is 2.80. The zero-order valence-corrected chi connectivity index (χ0v) is 9.12. The maximum absolute atomic E-state index is 7.16. The van der Waals surface area contributed by atoms with Crippen molar-refractivity contribution >= 4 is 34.9 Å². The van der Waals surface area contributed by atoms with Crippen LogP contribution >= 0.6 is 11.3 Å². The SMILES string of the molecule is Cc1csc(C(=C=N)/C=N/c2nn[nH]n2)n1. The quantitative estimate of drug-likeness (QED) is 0.771. The first-order valence-electron chi connectivity index (χ1n) is 4.29. The minimum absolute atomic E-state index is 0.209. The molecule has 2 aromatic rings. The first kappa shape index (κ1) is 10.3. The average Bonchev–Trinajstić information content (AvgIpc) is 2.91. The maximum Gasteiger partial charge on any atom is 0.288 e. The summed E-state index contributed by atoms with van der Waals surface area (Å²) in [5.41, 5.74) is 1.39. The van der Waals surface area contributed by atoms with Crippen LogP contribution in [0.1, 0.15) is 10.7 Å². The zero-order chi connectivity index (χ0) is 11.4. The summed E-state index contributed by atoms with van der Waals surface area (Å²) in [5, 5.41) is 22.7. The van der Waals surface area contributed by atoms with Gasteiger partial charge in [-0.1, -0.05) is 5.10 Å². The first-order chi connectivity index (χ1) is 7.79. The lowest BCUT2D eigenvalue weighted by Crippen LogP contribution is -1.86. The fraction of sp³-hybridized carbons (Fsp3) is 0.125. The molecule has 0 saturated carbocycles. The molecule has 0 aliphatic heterocycles. The molecule has 0 amide bonds. The normalized spacial score (nSPS) is 10.6. The van der Waals surface area contributed by atoms with E-state index in [9.17, 15) is 0 Å². The predicted octanol–water partition coefficient (Wildman–Crippen LogP) is 0.999. The summed E-state index contributed by atoms with van der Waals surface area (Å²) in [6.07, 6.45) is 1.44. The van der Waals surface area contributed by atoms with Crippen LogP contribution < -0.4 is 0 Å². The van der Waals surface area contributed by atoms with E-state index in [4.69, 9.17) is 5.41 Å². The van der Waals surface area contributed by atoms with Crippen LogP contribution in [0.3, 0.4) is 0 Å². The minimum Gasteiger partial charge on any atom is -0.258 e. The van der Waals surface area contributed by atoms with E-state index in [1.807, 2.05) is 12.3 Å². The van der Waals surface area contributed by atoms with E-state index >= 15 is 0 Å². The molecular formula is C8H7N7S. The molecule has 0 unspecified atom stereocenters. The maximum atomic E-state index is 7.16. The first-order valence-corrected chi connectivity index (χ1v) is 5.17. The van der Waals surface area contributed by atoms with Crippen molar-refractivity contribution in [2.24, 2.45) is 4.99 Å². The third kappa shape index (κ3) is 2.25. The number of aromatic amines is 1. The van der Waals surface area contributed by atoms with Gasteiger partial charge in [0.2, 0.25) is 0 Å². The summed E-state index contributed by atoms with van der Waals surface area (Å²) in [6, 6.07) is 0. The van der Waals surface area contributed by atoms with E-state index < -0.39 is 0 Å². The molecule has 0 bridgehead atoms. The largest absolute Gasteiger partial charge is 0.288 e. The Bertz CT molecular complexity index is 547. The van der Waals surface area contributed by atoms with Crippen molar-refractivity contribution in [3.63, 3.8) is 0 Å². The van der Waals surface area contributed by atoms with Crippen LogP contribution in [0.25, 0.3) is 5.57 Å². The van der Waals surface area contributed by atoms with Gasteiger partial charge in [0.05, 0.1) is 11.8 Å². The molecule has 0 aliphatic carbocycles. The molecule has 0 radical (unpaired) electrons.